The van der Waals surface area contributed by atoms with Crippen molar-refractivity contribution >= 4 is 10.0 Å². The van der Waals surface area contributed by atoms with Gasteiger partial charge in [0, 0.05) is 6.04 Å². The standard InChI is InChI=1S/C15H23NO3S/c1-10-5-6-13(7-10)16-20(17,18)15-11(2)8-14(19-4)9-12(15)3/h8-10,13,16H,5-7H2,1-4H3. The highest BCUT2D eigenvalue weighted by molar-refractivity contribution is 7.89. The number of ether oxygens (including phenoxy) is 1. The largest absolute Gasteiger partial charge is 0.497 e. The van der Waals surface area contributed by atoms with Crippen LogP contribution in [0.2, 0.25) is 0 Å². The van der Waals surface area contributed by atoms with Gasteiger partial charge in [0.15, 0.2) is 0 Å². The quantitative estimate of drug-likeness (QED) is 0.929. The lowest BCUT2D eigenvalue weighted by Crippen LogP contribution is -2.33. The molecule has 0 heterocycles. The van der Waals surface area contributed by atoms with Crippen LogP contribution in [0, 0.1) is 19.8 Å². The Morgan fingerprint density at radius 3 is 2.25 bits per heavy atom. The van der Waals surface area contributed by atoms with Crippen LogP contribution in [0.25, 0.3) is 0 Å². The molecule has 1 saturated carbocycles. The Labute approximate surface area is 121 Å². The van der Waals surface area contributed by atoms with Crippen molar-refractivity contribution in [3.8, 4) is 5.75 Å². The number of benzene rings is 1. The third-order valence-electron chi connectivity index (χ3n) is 3.95. The number of hydrogen-bond acceptors (Lipinski definition) is 3. The molecule has 2 unspecified atom stereocenters. The van der Waals surface area contributed by atoms with E-state index in [0.717, 1.165) is 30.4 Å². The average Bonchev–Trinajstić information content (AvgIpc) is 2.72. The molecule has 0 spiro atoms. The molecular weight excluding hydrogens is 274 g/mol. The minimum absolute atomic E-state index is 0.0656. The van der Waals surface area contributed by atoms with Gasteiger partial charge in [-0.3, -0.25) is 0 Å². The molecule has 2 rings (SSSR count). The molecular formula is C15H23NO3S. The normalized spacial score (nSPS) is 23.0. The van der Waals surface area contributed by atoms with Gasteiger partial charge in [-0.25, -0.2) is 13.1 Å². The van der Waals surface area contributed by atoms with Gasteiger partial charge in [-0.1, -0.05) is 6.92 Å². The first kappa shape index (κ1) is 15.3. The number of aryl methyl sites for hydroxylation is 2. The predicted molar refractivity (Wildman–Crippen MR) is 79.6 cm³/mol. The van der Waals surface area contributed by atoms with Gasteiger partial charge in [-0.2, -0.15) is 0 Å². The zero-order valence-corrected chi connectivity index (χ0v) is 13.4. The summed E-state index contributed by atoms with van der Waals surface area (Å²) in [5, 5.41) is 0. The van der Waals surface area contributed by atoms with Crippen LogP contribution < -0.4 is 9.46 Å². The van der Waals surface area contributed by atoms with Gasteiger partial charge in [0.1, 0.15) is 5.75 Å². The molecule has 0 aromatic heterocycles. The van der Waals surface area contributed by atoms with Crippen LogP contribution >= 0.6 is 0 Å². The van der Waals surface area contributed by atoms with E-state index >= 15 is 0 Å². The van der Waals surface area contributed by atoms with Crippen LogP contribution in [0.1, 0.15) is 37.3 Å². The van der Waals surface area contributed by atoms with E-state index < -0.39 is 10.0 Å². The van der Waals surface area contributed by atoms with Crippen molar-refractivity contribution in [2.75, 3.05) is 7.11 Å². The van der Waals surface area contributed by atoms with Gasteiger partial charge in [-0.05, 0) is 62.3 Å². The molecule has 20 heavy (non-hydrogen) atoms. The van der Waals surface area contributed by atoms with Crippen LogP contribution in [0.5, 0.6) is 5.75 Å². The van der Waals surface area contributed by atoms with Crippen LogP contribution in [0.3, 0.4) is 0 Å². The summed E-state index contributed by atoms with van der Waals surface area (Å²) in [6, 6.07) is 3.59. The Morgan fingerprint density at radius 1 is 1.20 bits per heavy atom. The first-order valence-electron chi connectivity index (χ1n) is 7.01. The first-order chi connectivity index (χ1) is 9.33. The second-order valence-electron chi connectivity index (χ2n) is 5.83. The second kappa shape index (κ2) is 5.74. The summed E-state index contributed by atoms with van der Waals surface area (Å²) in [5.41, 5.74) is 1.45. The van der Waals surface area contributed by atoms with E-state index in [9.17, 15) is 8.42 Å². The lowest BCUT2D eigenvalue weighted by atomic mass is 10.1. The molecule has 0 radical (unpaired) electrons. The van der Waals surface area contributed by atoms with E-state index in [0.29, 0.717) is 16.6 Å². The number of nitrogens with one attached hydrogen (secondary N) is 1. The molecule has 2 atom stereocenters. The Balaban J connectivity index is 2.30. The van der Waals surface area contributed by atoms with Crippen LogP contribution in [-0.2, 0) is 10.0 Å². The van der Waals surface area contributed by atoms with E-state index in [1.807, 2.05) is 0 Å². The van der Waals surface area contributed by atoms with Gasteiger partial charge in [0.25, 0.3) is 0 Å². The second-order valence-corrected chi connectivity index (χ2v) is 7.48. The van der Waals surface area contributed by atoms with Crippen molar-refractivity contribution in [2.24, 2.45) is 5.92 Å². The average molecular weight is 297 g/mol. The maximum Gasteiger partial charge on any atom is 0.241 e. The van der Waals surface area contributed by atoms with Crippen molar-refractivity contribution in [1.82, 2.24) is 4.72 Å². The third-order valence-corrected chi connectivity index (χ3v) is 5.78. The van der Waals surface area contributed by atoms with Crippen LogP contribution in [0.15, 0.2) is 17.0 Å². The van der Waals surface area contributed by atoms with Gasteiger partial charge in [0.05, 0.1) is 12.0 Å². The fourth-order valence-corrected chi connectivity index (χ4v) is 4.78. The summed E-state index contributed by atoms with van der Waals surface area (Å²) in [4.78, 5) is 0.387. The highest BCUT2D eigenvalue weighted by Crippen LogP contribution is 2.29. The number of rotatable bonds is 4. The fourth-order valence-electron chi connectivity index (χ4n) is 3.04. The summed E-state index contributed by atoms with van der Waals surface area (Å²) in [6.07, 6.45) is 2.94. The topological polar surface area (TPSA) is 55.4 Å². The zero-order chi connectivity index (χ0) is 14.9. The van der Waals surface area contributed by atoms with Crippen molar-refractivity contribution in [3.63, 3.8) is 0 Å². The number of methoxy groups -OCH3 is 1. The Morgan fingerprint density at radius 2 is 1.80 bits per heavy atom. The van der Waals surface area contributed by atoms with E-state index in [-0.39, 0.29) is 6.04 Å². The number of sulfonamides is 1. The van der Waals surface area contributed by atoms with Gasteiger partial charge >= 0.3 is 0 Å². The number of hydrogen-bond donors (Lipinski definition) is 1. The van der Waals surface area contributed by atoms with Crippen molar-refractivity contribution in [2.45, 2.75) is 51.0 Å². The Hall–Kier alpha value is -1.07. The van der Waals surface area contributed by atoms with Gasteiger partial charge in [0.2, 0.25) is 10.0 Å². The molecule has 0 amide bonds. The molecule has 1 aromatic carbocycles. The molecule has 0 aliphatic heterocycles. The SMILES string of the molecule is COc1cc(C)c(S(=O)(=O)NC2CCC(C)C2)c(C)c1. The molecule has 0 saturated heterocycles. The van der Waals surface area contributed by atoms with Crippen molar-refractivity contribution < 1.29 is 13.2 Å². The zero-order valence-electron chi connectivity index (χ0n) is 12.6. The fraction of sp³-hybridized carbons (Fsp3) is 0.600. The lowest BCUT2D eigenvalue weighted by molar-refractivity contribution is 0.413. The van der Waals surface area contributed by atoms with Gasteiger partial charge in [-0.15, -0.1) is 0 Å². The highest BCUT2D eigenvalue weighted by Gasteiger charge is 2.28. The van der Waals surface area contributed by atoms with Crippen LogP contribution in [-0.4, -0.2) is 21.6 Å². The summed E-state index contributed by atoms with van der Waals surface area (Å²) in [6.45, 7) is 5.78. The Kier molecular flexibility index (Phi) is 4.39. The summed E-state index contributed by atoms with van der Waals surface area (Å²) in [7, 11) is -1.88. The molecule has 5 heteroatoms. The lowest BCUT2D eigenvalue weighted by Gasteiger charge is -2.17. The minimum atomic E-state index is -3.46. The minimum Gasteiger partial charge on any atom is -0.497 e. The molecule has 112 valence electrons. The highest BCUT2D eigenvalue weighted by atomic mass is 32.2. The molecule has 1 aromatic rings. The third kappa shape index (κ3) is 3.15. The Bertz CT molecular complexity index is 572. The first-order valence-corrected chi connectivity index (χ1v) is 8.49. The maximum atomic E-state index is 12.6. The summed E-state index contributed by atoms with van der Waals surface area (Å²) in [5.74, 6) is 1.29. The van der Waals surface area contributed by atoms with Crippen molar-refractivity contribution in [3.05, 3.63) is 23.3 Å². The maximum absolute atomic E-state index is 12.6. The smallest absolute Gasteiger partial charge is 0.241 e. The summed E-state index contributed by atoms with van der Waals surface area (Å²) < 4.78 is 33.2. The van der Waals surface area contributed by atoms with Gasteiger partial charge < -0.3 is 4.74 Å². The summed E-state index contributed by atoms with van der Waals surface area (Å²) >= 11 is 0. The van der Waals surface area contributed by atoms with Crippen LogP contribution in [0.4, 0.5) is 0 Å². The van der Waals surface area contributed by atoms with E-state index in [4.69, 9.17) is 4.74 Å². The monoisotopic (exact) mass is 297 g/mol. The molecule has 1 aliphatic carbocycles. The molecule has 1 fully saturated rings. The van der Waals surface area contributed by atoms with E-state index in [2.05, 4.69) is 11.6 Å². The molecule has 0 bridgehead atoms. The van der Waals surface area contributed by atoms with Crippen molar-refractivity contribution in [1.29, 1.82) is 0 Å². The molecule has 1 aliphatic rings. The molecule has 1 N–H and O–H groups in total. The predicted octanol–water partition coefficient (Wildman–Crippen LogP) is 2.78. The molecule has 4 nitrogen and oxygen atoms in total. The van der Waals surface area contributed by atoms with E-state index in [1.165, 1.54) is 0 Å². The van der Waals surface area contributed by atoms with E-state index in [1.54, 1.807) is 33.1 Å².